The largest absolute Gasteiger partial charge is 0.256 e. The Morgan fingerprint density at radius 3 is 1.39 bits per heavy atom. The van der Waals surface area contributed by atoms with Crippen LogP contribution in [0.25, 0.3) is 0 Å². The Labute approximate surface area is 208 Å². The molecule has 0 saturated heterocycles. The van der Waals surface area contributed by atoms with Crippen LogP contribution >= 0.6 is 0 Å². The number of imidazole rings is 1. The number of hydrogen-bond acceptors (Lipinski definition) is 0. The third-order valence-corrected chi connectivity index (χ3v) is 7.35. The van der Waals surface area contributed by atoms with Gasteiger partial charge in [0, 0.05) is 6.42 Å². The first-order valence-electron chi connectivity index (χ1n) is 15.3. The summed E-state index contributed by atoms with van der Waals surface area (Å²) >= 11 is 0. The van der Waals surface area contributed by atoms with Gasteiger partial charge in [0.25, 0.3) is 5.82 Å². The highest BCUT2D eigenvalue weighted by Gasteiger charge is 2.18. The minimum Gasteiger partial charge on any atom is -0.234 e. The fourth-order valence-corrected chi connectivity index (χ4v) is 5.14. The second-order valence-electron chi connectivity index (χ2n) is 10.9. The molecular formula is C31H61N2+. The lowest BCUT2D eigenvalue weighted by molar-refractivity contribution is -0.704. The van der Waals surface area contributed by atoms with E-state index in [4.69, 9.17) is 0 Å². The summed E-state index contributed by atoms with van der Waals surface area (Å²) in [5.74, 6) is 1.57. The van der Waals surface area contributed by atoms with E-state index in [0.29, 0.717) is 6.04 Å². The molecule has 0 spiro atoms. The summed E-state index contributed by atoms with van der Waals surface area (Å²) in [4.78, 5) is 0. The standard InChI is InChI=1S/C31H61N2/c1-5-7-9-11-13-15-16-17-19-21-23-25-27-32-28-29-33(30(3)4)31(32)26-24-22-20-18-14-12-10-8-6-2/h28-30H,5-27H2,1-4H3/q+1. The third-order valence-electron chi connectivity index (χ3n) is 7.35. The molecule has 2 nitrogen and oxygen atoms in total. The van der Waals surface area contributed by atoms with Crippen molar-refractivity contribution in [1.82, 2.24) is 4.57 Å². The Morgan fingerprint density at radius 1 is 0.576 bits per heavy atom. The smallest absolute Gasteiger partial charge is 0.234 e. The molecule has 1 rings (SSSR count). The van der Waals surface area contributed by atoms with Crippen molar-refractivity contribution in [3.05, 3.63) is 18.2 Å². The molecule has 0 aliphatic rings. The van der Waals surface area contributed by atoms with Crippen molar-refractivity contribution >= 4 is 0 Å². The quantitative estimate of drug-likeness (QED) is 0.107. The Morgan fingerprint density at radius 2 is 0.970 bits per heavy atom. The van der Waals surface area contributed by atoms with Gasteiger partial charge in [-0.3, -0.25) is 0 Å². The highest BCUT2D eigenvalue weighted by atomic mass is 15.2. The lowest BCUT2D eigenvalue weighted by atomic mass is 10.1. The maximum atomic E-state index is 2.57. The van der Waals surface area contributed by atoms with Crippen LogP contribution in [0.15, 0.2) is 12.4 Å². The Hall–Kier alpha value is -0.790. The van der Waals surface area contributed by atoms with E-state index >= 15 is 0 Å². The molecular weight excluding hydrogens is 400 g/mol. The minimum absolute atomic E-state index is 0.571. The zero-order chi connectivity index (χ0) is 24.0. The summed E-state index contributed by atoms with van der Waals surface area (Å²) in [7, 11) is 0. The van der Waals surface area contributed by atoms with E-state index in [9.17, 15) is 0 Å². The van der Waals surface area contributed by atoms with Crippen molar-refractivity contribution in [3.63, 3.8) is 0 Å². The van der Waals surface area contributed by atoms with Gasteiger partial charge in [-0.2, -0.15) is 0 Å². The van der Waals surface area contributed by atoms with Crippen LogP contribution in [0.5, 0.6) is 0 Å². The topological polar surface area (TPSA) is 8.81 Å². The van der Waals surface area contributed by atoms with Crippen LogP contribution in [0.3, 0.4) is 0 Å². The van der Waals surface area contributed by atoms with Crippen molar-refractivity contribution in [1.29, 1.82) is 0 Å². The highest BCUT2D eigenvalue weighted by molar-refractivity contribution is 4.86. The normalized spacial score (nSPS) is 11.7. The second-order valence-corrected chi connectivity index (χ2v) is 10.9. The van der Waals surface area contributed by atoms with Gasteiger partial charge in [-0.1, -0.05) is 129 Å². The van der Waals surface area contributed by atoms with Crippen LogP contribution in [-0.2, 0) is 13.0 Å². The summed E-state index contributed by atoms with van der Waals surface area (Å²) in [6.45, 7) is 10.5. The lowest BCUT2D eigenvalue weighted by Crippen LogP contribution is -2.37. The summed E-state index contributed by atoms with van der Waals surface area (Å²) in [5.41, 5.74) is 0. The van der Waals surface area contributed by atoms with Crippen LogP contribution in [0.1, 0.15) is 174 Å². The Balaban J connectivity index is 2.15. The summed E-state index contributed by atoms with van der Waals surface area (Å²) in [6.07, 6.45) is 35.8. The van der Waals surface area contributed by atoms with E-state index in [1.165, 1.54) is 148 Å². The molecule has 0 aliphatic carbocycles. The molecule has 0 radical (unpaired) electrons. The second kappa shape index (κ2) is 21.7. The van der Waals surface area contributed by atoms with Crippen LogP contribution < -0.4 is 4.57 Å². The maximum absolute atomic E-state index is 2.57. The van der Waals surface area contributed by atoms with E-state index in [2.05, 4.69) is 49.2 Å². The predicted octanol–water partition coefficient (Wildman–Crippen LogP) is 10.1. The number of aryl methyl sites for hydroxylation is 1. The zero-order valence-electron chi connectivity index (χ0n) is 23.4. The molecule has 0 aromatic carbocycles. The fraction of sp³-hybridized carbons (Fsp3) is 0.903. The molecule has 1 heterocycles. The van der Waals surface area contributed by atoms with Gasteiger partial charge in [0.2, 0.25) is 0 Å². The highest BCUT2D eigenvalue weighted by Crippen LogP contribution is 2.15. The van der Waals surface area contributed by atoms with Gasteiger partial charge < -0.3 is 0 Å². The van der Waals surface area contributed by atoms with Gasteiger partial charge >= 0.3 is 0 Å². The van der Waals surface area contributed by atoms with Crippen LogP contribution in [0, 0.1) is 0 Å². The molecule has 2 heteroatoms. The van der Waals surface area contributed by atoms with Gasteiger partial charge in [0.15, 0.2) is 0 Å². The van der Waals surface area contributed by atoms with Crippen molar-refractivity contribution in [2.24, 2.45) is 0 Å². The monoisotopic (exact) mass is 461 g/mol. The van der Waals surface area contributed by atoms with E-state index in [1.54, 1.807) is 5.82 Å². The van der Waals surface area contributed by atoms with E-state index in [0.717, 1.165) is 0 Å². The van der Waals surface area contributed by atoms with E-state index < -0.39 is 0 Å². The van der Waals surface area contributed by atoms with Crippen LogP contribution in [0.4, 0.5) is 0 Å². The summed E-state index contributed by atoms with van der Waals surface area (Å²) in [6, 6.07) is 0.571. The number of aromatic nitrogens is 2. The molecule has 0 unspecified atom stereocenters. The molecule has 0 N–H and O–H groups in total. The number of hydrogen-bond donors (Lipinski definition) is 0. The third kappa shape index (κ3) is 15.7. The van der Waals surface area contributed by atoms with Crippen molar-refractivity contribution in [2.75, 3.05) is 0 Å². The minimum atomic E-state index is 0.571. The SMILES string of the molecule is CCCCCCCCCCCCCC[n+]1ccn(C(C)C)c1CCCCCCCCCCC. The number of unbranched alkanes of at least 4 members (excludes halogenated alkanes) is 19. The van der Waals surface area contributed by atoms with Crippen molar-refractivity contribution < 1.29 is 4.57 Å². The zero-order valence-corrected chi connectivity index (χ0v) is 23.4. The van der Waals surface area contributed by atoms with Gasteiger partial charge in [0.1, 0.15) is 12.4 Å². The van der Waals surface area contributed by atoms with Crippen LogP contribution in [0.2, 0.25) is 0 Å². The fourth-order valence-electron chi connectivity index (χ4n) is 5.14. The van der Waals surface area contributed by atoms with Gasteiger partial charge in [-0.25, -0.2) is 9.13 Å². The Bertz CT molecular complexity index is 531. The molecule has 33 heavy (non-hydrogen) atoms. The van der Waals surface area contributed by atoms with Gasteiger partial charge in [-0.05, 0) is 33.1 Å². The number of rotatable bonds is 24. The lowest BCUT2D eigenvalue weighted by Gasteiger charge is -2.08. The summed E-state index contributed by atoms with van der Waals surface area (Å²) < 4.78 is 5.09. The molecule has 1 aromatic rings. The molecule has 0 aliphatic heterocycles. The van der Waals surface area contributed by atoms with Crippen molar-refractivity contribution in [2.45, 2.75) is 182 Å². The molecule has 0 bridgehead atoms. The van der Waals surface area contributed by atoms with Gasteiger partial charge in [0.05, 0.1) is 12.6 Å². The Kier molecular flexibility index (Phi) is 19.9. The maximum Gasteiger partial charge on any atom is 0.256 e. The van der Waals surface area contributed by atoms with Crippen molar-refractivity contribution in [3.8, 4) is 0 Å². The first kappa shape index (κ1) is 30.2. The van der Waals surface area contributed by atoms with Gasteiger partial charge in [-0.15, -0.1) is 0 Å². The molecule has 0 amide bonds. The average molecular weight is 462 g/mol. The molecule has 1 aromatic heterocycles. The van der Waals surface area contributed by atoms with E-state index in [-0.39, 0.29) is 0 Å². The molecule has 0 saturated carbocycles. The first-order chi connectivity index (χ1) is 16.2. The number of nitrogens with zero attached hydrogens (tertiary/aromatic N) is 2. The molecule has 0 fully saturated rings. The van der Waals surface area contributed by atoms with Crippen LogP contribution in [-0.4, -0.2) is 4.57 Å². The molecule has 0 atom stereocenters. The first-order valence-corrected chi connectivity index (χ1v) is 15.3. The summed E-state index contributed by atoms with van der Waals surface area (Å²) in [5, 5.41) is 0. The van der Waals surface area contributed by atoms with E-state index in [1.807, 2.05) is 0 Å². The molecule has 194 valence electrons. The predicted molar refractivity (Wildman–Crippen MR) is 147 cm³/mol. The average Bonchev–Trinajstić information content (AvgIpc) is 3.21.